The molecule has 0 bridgehead atoms. The summed E-state index contributed by atoms with van der Waals surface area (Å²) in [6.07, 6.45) is 1.83. The van der Waals surface area contributed by atoms with Gasteiger partial charge in [-0.1, -0.05) is 18.5 Å². The number of hydrogen-bond donors (Lipinski definition) is 4. The van der Waals surface area contributed by atoms with Crippen LogP contribution in [-0.4, -0.2) is 39.8 Å². The summed E-state index contributed by atoms with van der Waals surface area (Å²) in [5, 5.41) is 17.2. The molecule has 3 atom stereocenters. The van der Waals surface area contributed by atoms with Crippen molar-refractivity contribution < 1.29 is 5.11 Å². The fourth-order valence-corrected chi connectivity index (χ4v) is 5.15. The lowest BCUT2D eigenvalue weighted by Gasteiger charge is -2.16. The third kappa shape index (κ3) is 3.59. The maximum absolute atomic E-state index is 9.56. The van der Waals surface area contributed by atoms with Crippen LogP contribution in [0.4, 0.5) is 17.5 Å². The molecular weight excluding hydrogens is 396 g/mol. The zero-order chi connectivity index (χ0) is 19.8. The van der Waals surface area contributed by atoms with Gasteiger partial charge in [-0.15, -0.1) is 11.3 Å². The highest BCUT2D eigenvalue weighted by Gasteiger charge is 2.32. The fourth-order valence-electron chi connectivity index (χ4n) is 3.83. The van der Waals surface area contributed by atoms with Crippen LogP contribution in [0.15, 0.2) is 18.2 Å². The van der Waals surface area contributed by atoms with Crippen LogP contribution in [0.2, 0.25) is 5.15 Å². The summed E-state index contributed by atoms with van der Waals surface area (Å²) >= 11 is 8.01. The molecule has 9 heteroatoms. The van der Waals surface area contributed by atoms with E-state index in [-0.39, 0.29) is 29.7 Å². The van der Waals surface area contributed by atoms with Gasteiger partial charge in [-0.3, -0.25) is 0 Å². The third-order valence-corrected chi connectivity index (χ3v) is 6.72. The van der Waals surface area contributed by atoms with E-state index in [9.17, 15) is 5.11 Å². The lowest BCUT2D eigenvalue weighted by Crippen LogP contribution is -2.18. The Balaban J connectivity index is 1.73. The van der Waals surface area contributed by atoms with E-state index in [2.05, 4.69) is 27.5 Å². The van der Waals surface area contributed by atoms with Crippen LogP contribution in [0.25, 0.3) is 20.8 Å². The number of thiazole rings is 1. The van der Waals surface area contributed by atoms with Crippen LogP contribution in [0.1, 0.15) is 19.8 Å². The number of rotatable bonds is 5. The second-order valence-electron chi connectivity index (χ2n) is 7.28. The normalized spacial score (nSPS) is 21.9. The minimum atomic E-state index is 0.125. The van der Waals surface area contributed by atoms with Crippen molar-refractivity contribution in [3.05, 3.63) is 23.4 Å². The second kappa shape index (κ2) is 7.69. The van der Waals surface area contributed by atoms with Gasteiger partial charge in [0.1, 0.15) is 16.0 Å². The van der Waals surface area contributed by atoms with E-state index in [0.717, 1.165) is 33.8 Å². The number of nitrogens with one attached hydrogen (secondary N) is 2. The number of aliphatic hydroxyl groups excluding tert-OH is 1. The van der Waals surface area contributed by atoms with Crippen LogP contribution in [0.5, 0.6) is 0 Å². The van der Waals surface area contributed by atoms with Crippen molar-refractivity contribution in [3.63, 3.8) is 0 Å². The highest BCUT2D eigenvalue weighted by Crippen LogP contribution is 2.40. The lowest BCUT2D eigenvalue weighted by atomic mass is 10.00. The Bertz CT molecular complexity index is 1010. The average Bonchev–Trinajstić information content (AvgIpc) is 3.22. The third-order valence-electron chi connectivity index (χ3n) is 5.40. The number of hydrogen-bond acceptors (Lipinski definition) is 8. The summed E-state index contributed by atoms with van der Waals surface area (Å²) in [4.78, 5) is 13.3. The lowest BCUT2D eigenvalue weighted by molar-refractivity contribution is 0.201. The Morgan fingerprint density at radius 2 is 2.11 bits per heavy atom. The molecule has 1 aliphatic carbocycles. The first-order valence-corrected chi connectivity index (χ1v) is 10.5. The van der Waals surface area contributed by atoms with Crippen molar-refractivity contribution in [1.82, 2.24) is 15.0 Å². The largest absolute Gasteiger partial charge is 0.396 e. The first-order chi connectivity index (χ1) is 13.5. The summed E-state index contributed by atoms with van der Waals surface area (Å²) in [6, 6.07) is 6.24. The molecule has 0 amide bonds. The first-order valence-electron chi connectivity index (χ1n) is 9.27. The topological polar surface area (TPSA) is 109 Å². The van der Waals surface area contributed by atoms with E-state index < -0.39 is 0 Å². The van der Waals surface area contributed by atoms with Gasteiger partial charge < -0.3 is 21.5 Å². The molecule has 5 N–H and O–H groups in total. The SMILES string of the molecule is CNc1ccc2sc(-c3c(Cl)nc(N)nc3N[C@@H]3C[C@H](CO)[C@@H](C)C3)nc2c1. The first kappa shape index (κ1) is 19.2. The van der Waals surface area contributed by atoms with Gasteiger partial charge >= 0.3 is 0 Å². The van der Waals surface area contributed by atoms with Gasteiger partial charge in [0.05, 0.1) is 15.8 Å². The molecule has 0 aliphatic heterocycles. The molecule has 28 heavy (non-hydrogen) atoms. The van der Waals surface area contributed by atoms with Crippen molar-refractivity contribution in [2.75, 3.05) is 30.0 Å². The number of nitrogen functional groups attached to an aromatic ring is 1. The van der Waals surface area contributed by atoms with Gasteiger partial charge in [0.15, 0.2) is 0 Å². The van der Waals surface area contributed by atoms with Gasteiger partial charge in [0.2, 0.25) is 5.95 Å². The van der Waals surface area contributed by atoms with Gasteiger partial charge in [0, 0.05) is 25.4 Å². The zero-order valence-corrected chi connectivity index (χ0v) is 17.3. The Labute approximate surface area is 172 Å². The second-order valence-corrected chi connectivity index (χ2v) is 8.67. The highest BCUT2D eigenvalue weighted by atomic mass is 35.5. The number of aromatic nitrogens is 3. The molecule has 0 spiro atoms. The van der Waals surface area contributed by atoms with E-state index in [1.807, 2.05) is 25.2 Å². The molecule has 148 valence electrons. The number of aliphatic hydroxyl groups is 1. The van der Waals surface area contributed by atoms with Crippen molar-refractivity contribution in [1.29, 1.82) is 0 Å². The standard InChI is InChI=1S/C19H23ClN6OS/c1-9-5-12(6-10(9)8-27)23-17-15(16(20)25-19(21)26-17)18-24-13-7-11(22-2)3-4-14(13)28-18/h3-4,7,9-10,12,22,27H,5-6,8H2,1-2H3,(H3,21,23,25,26)/t9-,10+,12-/m0/s1. The zero-order valence-electron chi connectivity index (χ0n) is 15.7. The van der Waals surface area contributed by atoms with Crippen molar-refractivity contribution >= 4 is 50.6 Å². The fraction of sp³-hybridized carbons (Fsp3) is 0.421. The monoisotopic (exact) mass is 418 g/mol. The molecule has 0 radical (unpaired) electrons. The van der Waals surface area contributed by atoms with Crippen molar-refractivity contribution in [3.8, 4) is 10.6 Å². The van der Waals surface area contributed by atoms with E-state index in [1.54, 1.807) is 11.3 Å². The molecule has 2 heterocycles. The van der Waals surface area contributed by atoms with Crippen LogP contribution >= 0.6 is 22.9 Å². The van der Waals surface area contributed by atoms with Gasteiger partial charge in [0.25, 0.3) is 0 Å². The summed E-state index contributed by atoms with van der Waals surface area (Å²) in [5.41, 5.74) is 8.42. The molecule has 3 aromatic rings. The highest BCUT2D eigenvalue weighted by molar-refractivity contribution is 7.21. The van der Waals surface area contributed by atoms with E-state index in [4.69, 9.17) is 22.3 Å². The molecule has 1 fully saturated rings. The molecule has 0 saturated heterocycles. The molecular formula is C19H23ClN6OS. The molecule has 4 rings (SSSR count). The minimum Gasteiger partial charge on any atom is -0.396 e. The number of fused-ring (bicyclic) bond motifs is 1. The van der Waals surface area contributed by atoms with Crippen LogP contribution in [-0.2, 0) is 0 Å². The molecule has 7 nitrogen and oxygen atoms in total. The minimum absolute atomic E-state index is 0.125. The average molecular weight is 419 g/mol. The summed E-state index contributed by atoms with van der Waals surface area (Å²) in [6.45, 7) is 2.36. The number of nitrogens with zero attached hydrogens (tertiary/aromatic N) is 3. The quantitative estimate of drug-likeness (QED) is 0.466. The Kier molecular flexibility index (Phi) is 5.27. The number of benzene rings is 1. The van der Waals surface area contributed by atoms with Crippen LogP contribution in [0.3, 0.4) is 0 Å². The van der Waals surface area contributed by atoms with E-state index in [1.165, 1.54) is 0 Å². The number of nitrogens with two attached hydrogens (primary N) is 1. The number of halogens is 1. The van der Waals surface area contributed by atoms with Gasteiger partial charge in [-0.2, -0.15) is 4.98 Å². The smallest absolute Gasteiger partial charge is 0.223 e. The van der Waals surface area contributed by atoms with Crippen LogP contribution in [0, 0.1) is 11.8 Å². The molecule has 0 unspecified atom stereocenters. The summed E-state index contributed by atoms with van der Waals surface area (Å²) < 4.78 is 1.06. The maximum Gasteiger partial charge on any atom is 0.223 e. The maximum atomic E-state index is 9.56. The summed E-state index contributed by atoms with van der Waals surface area (Å²) in [7, 11) is 1.88. The van der Waals surface area contributed by atoms with Crippen molar-refractivity contribution in [2.45, 2.75) is 25.8 Å². The van der Waals surface area contributed by atoms with Gasteiger partial charge in [-0.25, -0.2) is 9.97 Å². The van der Waals surface area contributed by atoms with E-state index in [0.29, 0.717) is 17.3 Å². The Morgan fingerprint density at radius 3 is 2.82 bits per heavy atom. The molecule has 1 saturated carbocycles. The molecule has 1 aromatic carbocycles. The number of anilines is 3. The molecule has 2 aromatic heterocycles. The van der Waals surface area contributed by atoms with E-state index >= 15 is 0 Å². The van der Waals surface area contributed by atoms with Gasteiger partial charge in [-0.05, 0) is 42.9 Å². The summed E-state index contributed by atoms with van der Waals surface area (Å²) in [5.74, 6) is 1.46. The predicted molar refractivity (Wildman–Crippen MR) is 116 cm³/mol. The predicted octanol–water partition coefficient (Wildman–Crippen LogP) is 3.85. The van der Waals surface area contributed by atoms with Crippen LogP contribution < -0.4 is 16.4 Å². The van der Waals surface area contributed by atoms with Crippen molar-refractivity contribution in [2.24, 2.45) is 11.8 Å². The Morgan fingerprint density at radius 1 is 1.29 bits per heavy atom. The Hall–Kier alpha value is -2.16. The molecule has 1 aliphatic rings.